The van der Waals surface area contributed by atoms with Crippen molar-refractivity contribution in [1.82, 2.24) is 39.9 Å². The number of aromatic nitrogens is 7. The summed E-state index contributed by atoms with van der Waals surface area (Å²) in [6, 6.07) is 4.54. The summed E-state index contributed by atoms with van der Waals surface area (Å²) in [5.41, 5.74) is 7.05. The van der Waals surface area contributed by atoms with Crippen LogP contribution in [0.2, 0.25) is 0 Å². The molecule has 0 aromatic carbocycles. The maximum Gasteiger partial charge on any atom is 0.167 e. The Labute approximate surface area is 203 Å². The van der Waals surface area contributed by atoms with Crippen LogP contribution in [0.4, 0.5) is 5.82 Å². The van der Waals surface area contributed by atoms with Crippen LogP contribution in [0.3, 0.4) is 0 Å². The Hall–Kier alpha value is -3.24. The molecule has 3 unspecified atom stereocenters. The molecule has 10 heteroatoms. The second kappa shape index (κ2) is 8.17. The number of fused-ring (bicyclic) bond motifs is 3. The molecule has 0 amide bonds. The number of ether oxygens (including phenoxy) is 1. The summed E-state index contributed by atoms with van der Waals surface area (Å²) in [7, 11) is 0. The largest absolute Gasteiger partial charge is 0.371 e. The average Bonchev–Trinajstić information content (AvgIpc) is 3.66. The predicted octanol–water partition coefficient (Wildman–Crippen LogP) is 2.89. The van der Waals surface area contributed by atoms with Gasteiger partial charge >= 0.3 is 0 Å². The maximum absolute atomic E-state index is 6.11. The van der Waals surface area contributed by atoms with E-state index in [4.69, 9.17) is 19.9 Å². The number of nitrogens with one attached hydrogen (secondary N) is 2. The molecular weight excluding hydrogens is 442 g/mol. The smallest absolute Gasteiger partial charge is 0.167 e. The third-order valence-corrected chi connectivity index (χ3v) is 7.81. The van der Waals surface area contributed by atoms with Gasteiger partial charge in [0.25, 0.3) is 0 Å². The second-order valence-corrected chi connectivity index (χ2v) is 10.1. The Balaban J connectivity index is 1.40. The molecule has 0 spiro atoms. The quantitative estimate of drug-likeness (QED) is 0.470. The van der Waals surface area contributed by atoms with Gasteiger partial charge in [-0.25, -0.2) is 9.50 Å². The first kappa shape index (κ1) is 21.1. The van der Waals surface area contributed by atoms with Crippen LogP contribution in [0.5, 0.6) is 0 Å². The van der Waals surface area contributed by atoms with E-state index in [-0.39, 0.29) is 12.2 Å². The van der Waals surface area contributed by atoms with Gasteiger partial charge in [0.1, 0.15) is 5.82 Å². The lowest BCUT2D eigenvalue weighted by Crippen LogP contribution is -2.43. The van der Waals surface area contributed by atoms with E-state index in [0.29, 0.717) is 6.04 Å². The molecule has 2 bridgehead atoms. The number of aromatic amines is 1. The first-order chi connectivity index (χ1) is 17.2. The number of anilines is 1. The summed E-state index contributed by atoms with van der Waals surface area (Å²) in [6.07, 6.45) is 8.80. The first-order valence-electron chi connectivity index (χ1n) is 12.7. The Morgan fingerprint density at radius 1 is 1.11 bits per heavy atom. The standard InChI is InChI=1S/C25H31N9O/c1-15-24(16(2)33(31-15)17-4-3-8-26-11-17)22-10-23(32-13-18-5-6-19(14-32)35-18)29-25-20(12-28-34(22)25)21-7-9-27-30-21/h7,9-10,12,17-19,26H,3-6,8,11,13-14H2,1-2H3,(H,27,30). The minimum Gasteiger partial charge on any atom is -0.371 e. The Kier molecular flexibility index (Phi) is 4.92. The van der Waals surface area contributed by atoms with Crippen molar-refractivity contribution in [2.45, 2.75) is 57.8 Å². The van der Waals surface area contributed by atoms with Crippen LogP contribution in [0.15, 0.2) is 24.5 Å². The Morgan fingerprint density at radius 2 is 1.97 bits per heavy atom. The highest BCUT2D eigenvalue weighted by Gasteiger charge is 2.35. The zero-order valence-electron chi connectivity index (χ0n) is 20.2. The number of morpholine rings is 1. The van der Waals surface area contributed by atoms with Crippen LogP contribution in [0.25, 0.3) is 28.2 Å². The van der Waals surface area contributed by atoms with Crippen molar-refractivity contribution >= 4 is 11.5 Å². The van der Waals surface area contributed by atoms with Crippen LogP contribution in [-0.4, -0.2) is 73.0 Å². The maximum atomic E-state index is 6.11. The first-order valence-corrected chi connectivity index (χ1v) is 12.7. The molecule has 3 saturated heterocycles. The third kappa shape index (κ3) is 3.46. The van der Waals surface area contributed by atoms with Crippen molar-refractivity contribution < 1.29 is 4.74 Å². The van der Waals surface area contributed by atoms with E-state index in [9.17, 15) is 0 Å². The summed E-state index contributed by atoms with van der Waals surface area (Å²) < 4.78 is 10.3. The predicted molar refractivity (Wildman–Crippen MR) is 133 cm³/mol. The fourth-order valence-corrected chi connectivity index (χ4v) is 6.12. The molecule has 3 aliphatic rings. The van der Waals surface area contributed by atoms with Gasteiger partial charge in [-0.2, -0.15) is 15.3 Å². The lowest BCUT2D eigenvalue weighted by Gasteiger charge is -2.33. The van der Waals surface area contributed by atoms with E-state index < -0.39 is 0 Å². The molecule has 7 heterocycles. The zero-order valence-corrected chi connectivity index (χ0v) is 20.2. The number of aryl methyl sites for hydroxylation is 1. The van der Waals surface area contributed by atoms with Crippen molar-refractivity contribution in [2.75, 3.05) is 31.1 Å². The highest BCUT2D eigenvalue weighted by atomic mass is 16.5. The topological polar surface area (TPSA) is 101 Å². The van der Waals surface area contributed by atoms with Gasteiger partial charge in [0, 0.05) is 43.2 Å². The summed E-state index contributed by atoms with van der Waals surface area (Å²) >= 11 is 0. The van der Waals surface area contributed by atoms with Gasteiger partial charge in [-0.3, -0.25) is 9.78 Å². The average molecular weight is 474 g/mol. The monoisotopic (exact) mass is 473 g/mol. The van der Waals surface area contributed by atoms with Crippen LogP contribution in [-0.2, 0) is 4.74 Å². The van der Waals surface area contributed by atoms with Gasteiger partial charge in [-0.05, 0) is 52.1 Å². The fraction of sp³-hybridized carbons (Fsp3) is 0.520. The van der Waals surface area contributed by atoms with Gasteiger partial charge in [0.05, 0.1) is 47.1 Å². The summed E-state index contributed by atoms with van der Waals surface area (Å²) in [5.74, 6) is 0.972. The molecule has 4 aromatic heterocycles. The molecule has 35 heavy (non-hydrogen) atoms. The molecule has 7 rings (SSSR count). The molecule has 3 atom stereocenters. The van der Waals surface area contributed by atoms with E-state index in [1.807, 2.05) is 16.8 Å². The molecule has 3 aliphatic heterocycles. The van der Waals surface area contributed by atoms with Crippen molar-refractivity contribution in [1.29, 1.82) is 0 Å². The highest BCUT2D eigenvalue weighted by Crippen LogP contribution is 2.36. The second-order valence-electron chi connectivity index (χ2n) is 10.1. The van der Waals surface area contributed by atoms with E-state index in [2.05, 4.69) is 45.0 Å². The normalized spacial score (nSPS) is 24.5. The molecule has 2 N–H and O–H groups in total. The molecule has 4 aromatic rings. The van der Waals surface area contributed by atoms with Crippen LogP contribution in [0.1, 0.15) is 43.1 Å². The van der Waals surface area contributed by atoms with Gasteiger partial charge in [0.2, 0.25) is 0 Å². The number of H-pyrrole nitrogens is 1. The number of hydrogen-bond acceptors (Lipinski definition) is 7. The molecule has 0 aliphatic carbocycles. The van der Waals surface area contributed by atoms with E-state index in [1.165, 1.54) is 12.1 Å². The van der Waals surface area contributed by atoms with Crippen LogP contribution < -0.4 is 10.2 Å². The Morgan fingerprint density at radius 3 is 2.71 bits per heavy atom. The van der Waals surface area contributed by atoms with Crippen molar-refractivity contribution in [3.8, 4) is 22.5 Å². The lowest BCUT2D eigenvalue weighted by molar-refractivity contribution is 0.0302. The van der Waals surface area contributed by atoms with Crippen molar-refractivity contribution in [3.05, 3.63) is 35.9 Å². The van der Waals surface area contributed by atoms with E-state index in [0.717, 1.165) is 85.1 Å². The molecule has 3 fully saturated rings. The summed E-state index contributed by atoms with van der Waals surface area (Å²) in [5, 5.41) is 20.6. The van der Waals surface area contributed by atoms with Gasteiger partial charge in [-0.1, -0.05) is 0 Å². The molecule has 0 radical (unpaired) electrons. The van der Waals surface area contributed by atoms with Gasteiger partial charge in [0.15, 0.2) is 5.65 Å². The Bertz CT molecular complexity index is 1350. The number of nitrogens with zero attached hydrogens (tertiary/aromatic N) is 7. The van der Waals surface area contributed by atoms with Gasteiger partial charge in [-0.15, -0.1) is 0 Å². The third-order valence-electron chi connectivity index (χ3n) is 7.81. The number of hydrogen-bond donors (Lipinski definition) is 2. The van der Waals surface area contributed by atoms with Crippen molar-refractivity contribution in [3.63, 3.8) is 0 Å². The van der Waals surface area contributed by atoms with Crippen LogP contribution >= 0.6 is 0 Å². The molecule has 10 nitrogen and oxygen atoms in total. The minimum atomic E-state index is 0.289. The highest BCUT2D eigenvalue weighted by molar-refractivity contribution is 5.80. The molecule has 0 saturated carbocycles. The molecular formula is C25H31N9O. The number of rotatable bonds is 4. The number of piperidine rings is 1. The van der Waals surface area contributed by atoms with Crippen LogP contribution in [0, 0.1) is 13.8 Å². The van der Waals surface area contributed by atoms with Gasteiger partial charge < -0.3 is 15.0 Å². The SMILES string of the molecule is Cc1nn(C2CCCNC2)c(C)c1-c1cc(N2CC3CCC(C2)O3)nc2c(-c3ccn[nH]3)cnn12. The summed E-state index contributed by atoms with van der Waals surface area (Å²) in [4.78, 5) is 7.53. The fourth-order valence-electron chi connectivity index (χ4n) is 6.12. The minimum absolute atomic E-state index is 0.289. The van der Waals surface area contributed by atoms with E-state index >= 15 is 0 Å². The summed E-state index contributed by atoms with van der Waals surface area (Å²) in [6.45, 7) is 8.08. The lowest BCUT2D eigenvalue weighted by atomic mass is 10.1. The zero-order chi connectivity index (χ0) is 23.5. The van der Waals surface area contributed by atoms with Crippen molar-refractivity contribution in [2.24, 2.45) is 0 Å². The molecule has 182 valence electrons. The van der Waals surface area contributed by atoms with E-state index in [1.54, 1.807) is 6.20 Å².